The molecule has 0 fully saturated rings. The lowest BCUT2D eigenvalue weighted by atomic mass is 10.0. The van der Waals surface area contributed by atoms with Gasteiger partial charge in [0.15, 0.2) is 6.10 Å². The largest absolute Gasteiger partial charge is 0.462 e. The van der Waals surface area contributed by atoms with Crippen molar-refractivity contribution in [2.45, 2.75) is 316 Å². The molecule has 0 unspecified atom stereocenters. The summed E-state index contributed by atoms with van der Waals surface area (Å²) in [6.45, 7) is 6.60. The molecule has 0 aromatic carbocycles. The highest BCUT2D eigenvalue weighted by atomic mass is 16.6. The van der Waals surface area contributed by atoms with Gasteiger partial charge in [-0.1, -0.05) is 261 Å². The summed E-state index contributed by atoms with van der Waals surface area (Å²) in [5, 5.41) is 0. The van der Waals surface area contributed by atoms with Crippen molar-refractivity contribution in [3.05, 3.63) is 60.8 Å². The number of ether oxygens (including phenoxy) is 3. The SMILES string of the molecule is CCCCC/C=C\C/C=C\C/C=C\CCCCCCC(=O)O[C@H](COC(=O)CCCCCCCCC/C=C\C/C=C\CCCCC)COC(=O)CCCCCCCCCCCCCCCCCCCC. The number of rotatable bonds is 55. The summed E-state index contributed by atoms with van der Waals surface area (Å²) in [6, 6.07) is 0. The normalized spacial score (nSPS) is 12.4. The number of hydrogen-bond acceptors (Lipinski definition) is 6. The molecule has 0 bridgehead atoms. The van der Waals surface area contributed by atoms with E-state index in [-0.39, 0.29) is 31.1 Å². The Hall–Kier alpha value is -2.89. The third-order valence-corrected chi connectivity index (χ3v) is 13.2. The highest BCUT2D eigenvalue weighted by molar-refractivity contribution is 5.71. The van der Waals surface area contributed by atoms with E-state index >= 15 is 0 Å². The Morgan fingerprint density at radius 2 is 0.514 bits per heavy atom. The van der Waals surface area contributed by atoms with Crippen LogP contribution in [-0.2, 0) is 28.6 Å². The van der Waals surface area contributed by atoms with E-state index in [0.29, 0.717) is 19.3 Å². The van der Waals surface area contributed by atoms with Crippen LogP contribution in [0.2, 0.25) is 0 Å². The topological polar surface area (TPSA) is 78.9 Å². The van der Waals surface area contributed by atoms with Gasteiger partial charge in [0.1, 0.15) is 13.2 Å². The lowest BCUT2D eigenvalue weighted by molar-refractivity contribution is -0.167. The fourth-order valence-corrected chi connectivity index (χ4v) is 8.66. The van der Waals surface area contributed by atoms with Gasteiger partial charge in [-0.2, -0.15) is 0 Å². The van der Waals surface area contributed by atoms with Crippen molar-refractivity contribution in [3.63, 3.8) is 0 Å². The first-order chi connectivity index (χ1) is 34.5. The van der Waals surface area contributed by atoms with E-state index in [1.165, 1.54) is 173 Å². The van der Waals surface area contributed by atoms with Crippen LogP contribution in [0, 0.1) is 0 Å². The maximum Gasteiger partial charge on any atom is 0.306 e. The van der Waals surface area contributed by atoms with Crippen LogP contribution in [0.25, 0.3) is 0 Å². The highest BCUT2D eigenvalue weighted by Crippen LogP contribution is 2.16. The van der Waals surface area contributed by atoms with E-state index in [1.54, 1.807) is 0 Å². The summed E-state index contributed by atoms with van der Waals surface area (Å²) in [5.41, 5.74) is 0. The monoisotopic (exact) mass is 979 g/mol. The van der Waals surface area contributed by atoms with Gasteiger partial charge in [0, 0.05) is 19.3 Å². The number of carbonyl (C=O) groups excluding carboxylic acids is 3. The zero-order valence-corrected chi connectivity index (χ0v) is 46.5. The van der Waals surface area contributed by atoms with E-state index in [1.807, 2.05) is 0 Å². The standard InChI is InChI=1S/C64H114O6/c1-4-7-10-13-16-19-22-25-28-31-34-36-39-42-45-48-51-54-57-63(66)69-60-61(70-64(67)58-55-52-49-46-43-40-37-33-30-27-24-21-18-15-12-9-6-3)59-68-62(65)56-53-50-47-44-41-38-35-32-29-26-23-20-17-14-11-8-5-2/h17-18,20-21,26-27,29-30,37,40,61H,4-16,19,22-25,28,31-36,38-39,41-60H2,1-3H3/b20-17-,21-18-,29-26-,30-27-,40-37-/t61-/m1/s1. The number of esters is 3. The summed E-state index contributed by atoms with van der Waals surface area (Å²) >= 11 is 0. The maximum absolute atomic E-state index is 12.9. The van der Waals surface area contributed by atoms with Crippen LogP contribution in [0.5, 0.6) is 0 Å². The second-order valence-corrected chi connectivity index (χ2v) is 20.3. The minimum atomic E-state index is -0.788. The molecule has 0 aliphatic carbocycles. The van der Waals surface area contributed by atoms with Gasteiger partial charge in [-0.3, -0.25) is 14.4 Å². The average molecular weight is 980 g/mol. The molecular weight excluding hydrogens is 865 g/mol. The Labute approximate surface area is 434 Å². The minimum Gasteiger partial charge on any atom is -0.462 e. The molecular formula is C64H114O6. The summed E-state index contributed by atoms with van der Waals surface area (Å²) in [4.78, 5) is 38.2. The molecule has 0 saturated carbocycles. The van der Waals surface area contributed by atoms with Crippen molar-refractivity contribution in [1.82, 2.24) is 0 Å². The predicted octanol–water partition coefficient (Wildman–Crippen LogP) is 20.4. The Kier molecular flexibility index (Phi) is 56.3. The number of unbranched alkanes of at least 4 members (excludes halogenated alkanes) is 34. The highest BCUT2D eigenvalue weighted by Gasteiger charge is 2.19. The van der Waals surface area contributed by atoms with Crippen molar-refractivity contribution >= 4 is 17.9 Å². The molecule has 0 amide bonds. The van der Waals surface area contributed by atoms with Gasteiger partial charge in [0.05, 0.1) is 0 Å². The van der Waals surface area contributed by atoms with E-state index in [2.05, 4.69) is 81.5 Å². The van der Waals surface area contributed by atoms with Crippen LogP contribution in [0.15, 0.2) is 60.8 Å². The van der Waals surface area contributed by atoms with Crippen molar-refractivity contribution in [2.75, 3.05) is 13.2 Å². The van der Waals surface area contributed by atoms with Crippen LogP contribution in [0.4, 0.5) is 0 Å². The van der Waals surface area contributed by atoms with Gasteiger partial charge in [-0.05, 0) is 89.9 Å². The molecule has 0 N–H and O–H groups in total. The molecule has 0 aliphatic rings. The molecule has 0 aromatic rings. The second-order valence-electron chi connectivity index (χ2n) is 20.3. The van der Waals surface area contributed by atoms with Gasteiger partial charge >= 0.3 is 17.9 Å². The van der Waals surface area contributed by atoms with E-state index in [4.69, 9.17) is 14.2 Å². The van der Waals surface area contributed by atoms with Gasteiger partial charge in [-0.25, -0.2) is 0 Å². The van der Waals surface area contributed by atoms with Crippen LogP contribution in [0.3, 0.4) is 0 Å². The van der Waals surface area contributed by atoms with Crippen LogP contribution in [0.1, 0.15) is 310 Å². The number of allylic oxidation sites excluding steroid dienone is 10. The zero-order valence-electron chi connectivity index (χ0n) is 46.5. The fraction of sp³-hybridized carbons (Fsp3) is 0.797. The number of hydrogen-bond donors (Lipinski definition) is 0. The van der Waals surface area contributed by atoms with Gasteiger partial charge < -0.3 is 14.2 Å². The molecule has 0 saturated heterocycles. The molecule has 0 heterocycles. The lowest BCUT2D eigenvalue weighted by Crippen LogP contribution is -2.30. The zero-order chi connectivity index (χ0) is 50.7. The Bertz CT molecular complexity index is 1260. The fourth-order valence-electron chi connectivity index (χ4n) is 8.66. The summed E-state index contributed by atoms with van der Waals surface area (Å²) in [6.07, 6.45) is 73.5. The van der Waals surface area contributed by atoms with Crippen molar-refractivity contribution in [1.29, 1.82) is 0 Å². The van der Waals surface area contributed by atoms with E-state index < -0.39 is 6.10 Å². The molecule has 0 spiro atoms. The lowest BCUT2D eigenvalue weighted by Gasteiger charge is -2.18. The molecule has 70 heavy (non-hydrogen) atoms. The van der Waals surface area contributed by atoms with Crippen LogP contribution >= 0.6 is 0 Å². The summed E-state index contributed by atoms with van der Waals surface area (Å²) in [5.74, 6) is -0.898. The molecule has 0 aromatic heterocycles. The van der Waals surface area contributed by atoms with Gasteiger partial charge in [0.25, 0.3) is 0 Å². The Morgan fingerprint density at radius 1 is 0.286 bits per heavy atom. The van der Waals surface area contributed by atoms with Crippen molar-refractivity contribution in [2.24, 2.45) is 0 Å². The molecule has 6 heteroatoms. The number of carbonyl (C=O) groups is 3. The van der Waals surface area contributed by atoms with Crippen molar-refractivity contribution in [3.8, 4) is 0 Å². The molecule has 1 atom stereocenters. The minimum absolute atomic E-state index is 0.0832. The first-order valence-corrected chi connectivity index (χ1v) is 30.3. The Morgan fingerprint density at radius 3 is 0.829 bits per heavy atom. The second kappa shape index (κ2) is 58.7. The summed E-state index contributed by atoms with van der Waals surface area (Å²) in [7, 11) is 0. The van der Waals surface area contributed by atoms with Crippen molar-refractivity contribution < 1.29 is 28.6 Å². The van der Waals surface area contributed by atoms with Crippen LogP contribution in [-0.4, -0.2) is 37.2 Å². The molecule has 0 aliphatic heterocycles. The third kappa shape index (κ3) is 56.0. The Balaban J connectivity index is 4.40. The van der Waals surface area contributed by atoms with Crippen LogP contribution < -0.4 is 0 Å². The molecule has 6 nitrogen and oxygen atoms in total. The third-order valence-electron chi connectivity index (χ3n) is 13.2. The molecule has 0 radical (unpaired) electrons. The quantitative estimate of drug-likeness (QED) is 0.0261. The maximum atomic E-state index is 12.9. The van der Waals surface area contributed by atoms with Gasteiger partial charge in [-0.15, -0.1) is 0 Å². The predicted molar refractivity (Wildman–Crippen MR) is 302 cm³/mol. The van der Waals surface area contributed by atoms with E-state index in [9.17, 15) is 14.4 Å². The van der Waals surface area contributed by atoms with E-state index in [0.717, 1.165) is 96.3 Å². The molecule has 0 rings (SSSR count). The average Bonchev–Trinajstić information content (AvgIpc) is 3.36. The van der Waals surface area contributed by atoms with Gasteiger partial charge in [0.2, 0.25) is 0 Å². The first-order valence-electron chi connectivity index (χ1n) is 30.3. The molecule has 406 valence electrons. The summed E-state index contributed by atoms with van der Waals surface area (Å²) < 4.78 is 16.9. The first kappa shape index (κ1) is 67.1. The smallest absolute Gasteiger partial charge is 0.306 e.